The summed E-state index contributed by atoms with van der Waals surface area (Å²) in [5, 5.41) is 5.63. The fraction of sp³-hybridized carbons (Fsp3) is 0.154. The molecule has 8 heteroatoms. The monoisotopic (exact) mass is 477 g/mol. The molecule has 0 aliphatic heterocycles. The van der Waals surface area contributed by atoms with E-state index in [0.29, 0.717) is 23.2 Å². The highest BCUT2D eigenvalue weighted by Gasteiger charge is 2.22. The Kier molecular flexibility index (Phi) is 8.73. The Morgan fingerprint density at radius 2 is 1.47 bits per heavy atom. The van der Waals surface area contributed by atoms with Crippen molar-refractivity contribution in [3.05, 3.63) is 114 Å². The summed E-state index contributed by atoms with van der Waals surface area (Å²) in [5.74, 6) is -0.899. The van der Waals surface area contributed by atoms with E-state index >= 15 is 0 Å². The van der Waals surface area contributed by atoms with Crippen molar-refractivity contribution in [2.75, 3.05) is 11.9 Å². The molecule has 0 aliphatic rings. The van der Waals surface area contributed by atoms with Crippen molar-refractivity contribution in [2.24, 2.45) is 0 Å². The predicted octanol–water partition coefficient (Wildman–Crippen LogP) is 3.27. The van der Waals surface area contributed by atoms with E-state index in [0.717, 1.165) is 5.56 Å². The van der Waals surface area contributed by atoms with E-state index in [-0.39, 0.29) is 24.1 Å². The van der Waals surface area contributed by atoms with E-state index in [1.807, 2.05) is 36.4 Å². The standard InChI is InChI=1S/C26H27N3O4S/c1-2-17-27-34(32,33)19-21-13-15-23(16-14-21)28-26(31)24(18-20-9-5-3-6-10-20)29-25(30)22-11-7-4-8-12-22/h2-16,24,27H,1,17-19H2,(H,28,31)(H,29,30). The normalized spacial score (nSPS) is 11.9. The third-order valence-corrected chi connectivity index (χ3v) is 6.29. The zero-order valence-electron chi connectivity index (χ0n) is 18.6. The number of benzene rings is 3. The minimum absolute atomic E-state index is 0.161. The molecule has 3 aromatic rings. The SMILES string of the molecule is C=CCNS(=O)(=O)Cc1ccc(NC(=O)C(Cc2ccccc2)NC(=O)c2ccccc2)cc1. The molecule has 0 bridgehead atoms. The third-order valence-electron chi connectivity index (χ3n) is 4.97. The smallest absolute Gasteiger partial charge is 0.251 e. The number of rotatable bonds is 11. The van der Waals surface area contributed by atoms with Crippen LogP contribution < -0.4 is 15.4 Å². The first kappa shape index (κ1) is 24.9. The molecule has 34 heavy (non-hydrogen) atoms. The second-order valence-corrected chi connectivity index (χ2v) is 9.47. The molecule has 2 amide bonds. The van der Waals surface area contributed by atoms with Crippen LogP contribution in [0.4, 0.5) is 5.69 Å². The number of anilines is 1. The van der Waals surface area contributed by atoms with Crippen molar-refractivity contribution in [3.63, 3.8) is 0 Å². The molecule has 0 spiro atoms. The van der Waals surface area contributed by atoms with Crippen molar-refractivity contribution in [3.8, 4) is 0 Å². The zero-order valence-corrected chi connectivity index (χ0v) is 19.4. The van der Waals surface area contributed by atoms with Crippen LogP contribution in [0.15, 0.2) is 97.6 Å². The molecule has 1 atom stereocenters. The van der Waals surface area contributed by atoms with Crippen molar-refractivity contribution in [1.82, 2.24) is 10.0 Å². The number of amides is 2. The lowest BCUT2D eigenvalue weighted by Gasteiger charge is -2.19. The molecule has 0 aromatic heterocycles. The summed E-state index contributed by atoms with van der Waals surface area (Å²) < 4.78 is 26.5. The minimum Gasteiger partial charge on any atom is -0.340 e. The first-order valence-electron chi connectivity index (χ1n) is 10.7. The van der Waals surface area contributed by atoms with Gasteiger partial charge in [-0.05, 0) is 35.4 Å². The van der Waals surface area contributed by atoms with E-state index in [4.69, 9.17) is 0 Å². The van der Waals surface area contributed by atoms with Crippen LogP contribution in [0, 0.1) is 0 Å². The molecular formula is C26H27N3O4S. The molecule has 0 heterocycles. The highest BCUT2D eigenvalue weighted by atomic mass is 32.2. The number of hydrogen-bond donors (Lipinski definition) is 3. The van der Waals surface area contributed by atoms with Gasteiger partial charge in [-0.3, -0.25) is 9.59 Å². The molecule has 0 radical (unpaired) electrons. The van der Waals surface area contributed by atoms with Crippen molar-refractivity contribution < 1.29 is 18.0 Å². The van der Waals surface area contributed by atoms with Crippen LogP contribution in [0.3, 0.4) is 0 Å². The van der Waals surface area contributed by atoms with Crippen LogP contribution >= 0.6 is 0 Å². The Labute approximate surface area is 200 Å². The summed E-state index contributed by atoms with van der Waals surface area (Å²) in [4.78, 5) is 25.8. The zero-order chi connectivity index (χ0) is 24.4. The number of nitrogens with one attached hydrogen (secondary N) is 3. The lowest BCUT2D eigenvalue weighted by molar-refractivity contribution is -0.118. The third kappa shape index (κ3) is 7.68. The van der Waals surface area contributed by atoms with Gasteiger partial charge in [-0.2, -0.15) is 0 Å². The highest BCUT2D eigenvalue weighted by Crippen LogP contribution is 2.14. The van der Waals surface area contributed by atoms with Gasteiger partial charge in [0.25, 0.3) is 5.91 Å². The maximum absolute atomic E-state index is 13.1. The van der Waals surface area contributed by atoms with Gasteiger partial charge in [0.05, 0.1) is 5.75 Å². The van der Waals surface area contributed by atoms with Crippen LogP contribution in [-0.2, 0) is 27.0 Å². The highest BCUT2D eigenvalue weighted by molar-refractivity contribution is 7.88. The average Bonchev–Trinajstić information content (AvgIpc) is 2.84. The molecule has 7 nitrogen and oxygen atoms in total. The Balaban J connectivity index is 1.70. The average molecular weight is 478 g/mol. The minimum atomic E-state index is -3.48. The van der Waals surface area contributed by atoms with Gasteiger partial charge in [-0.15, -0.1) is 6.58 Å². The van der Waals surface area contributed by atoms with Gasteiger partial charge < -0.3 is 10.6 Å². The predicted molar refractivity (Wildman–Crippen MR) is 134 cm³/mol. The maximum atomic E-state index is 13.1. The summed E-state index contributed by atoms with van der Waals surface area (Å²) in [6.45, 7) is 3.65. The van der Waals surface area contributed by atoms with Gasteiger partial charge in [0.15, 0.2) is 0 Å². The van der Waals surface area contributed by atoms with Crippen molar-refractivity contribution in [1.29, 1.82) is 0 Å². The van der Waals surface area contributed by atoms with Crippen LogP contribution in [0.1, 0.15) is 21.5 Å². The second-order valence-electron chi connectivity index (χ2n) is 7.66. The number of sulfonamides is 1. The Morgan fingerprint density at radius 3 is 2.09 bits per heavy atom. The van der Waals surface area contributed by atoms with E-state index in [2.05, 4.69) is 21.9 Å². The van der Waals surface area contributed by atoms with Crippen molar-refractivity contribution in [2.45, 2.75) is 18.2 Å². The van der Waals surface area contributed by atoms with Gasteiger partial charge >= 0.3 is 0 Å². The molecule has 176 valence electrons. The van der Waals surface area contributed by atoms with Gasteiger partial charge in [0, 0.05) is 24.2 Å². The number of carbonyl (C=O) groups excluding carboxylic acids is 2. The first-order chi connectivity index (χ1) is 16.4. The number of carbonyl (C=O) groups is 2. The quantitative estimate of drug-likeness (QED) is 0.369. The fourth-order valence-electron chi connectivity index (χ4n) is 3.26. The lowest BCUT2D eigenvalue weighted by Crippen LogP contribution is -2.45. The fourth-order valence-corrected chi connectivity index (χ4v) is 4.37. The van der Waals surface area contributed by atoms with Gasteiger partial charge in [0.2, 0.25) is 15.9 Å². The second kappa shape index (κ2) is 11.9. The summed E-state index contributed by atoms with van der Waals surface area (Å²) in [7, 11) is -3.48. The summed E-state index contributed by atoms with van der Waals surface area (Å²) >= 11 is 0. The van der Waals surface area contributed by atoms with Gasteiger partial charge in [-0.25, -0.2) is 13.1 Å². The van der Waals surface area contributed by atoms with Crippen LogP contribution in [0.2, 0.25) is 0 Å². The van der Waals surface area contributed by atoms with Crippen LogP contribution in [0.25, 0.3) is 0 Å². The maximum Gasteiger partial charge on any atom is 0.251 e. The van der Waals surface area contributed by atoms with Gasteiger partial charge in [0.1, 0.15) is 6.04 Å². The van der Waals surface area contributed by atoms with Crippen LogP contribution in [-0.4, -0.2) is 32.8 Å². The molecule has 0 fully saturated rings. The summed E-state index contributed by atoms with van der Waals surface area (Å²) in [6, 6.07) is 23.9. The molecular weight excluding hydrogens is 450 g/mol. The summed E-state index contributed by atoms with van der Waals surface area (Å²) in [5.41, 5.74) is 2.44. The largest absolute Gasteiger partial charge is 0.340 e. The van der Waals surface area contributed by atoms with Gasteiger partial charge in [-0.1, -0.05) is 66.7 Å². The Morgan fingerprint density at radius 1 is 0.853 bits per heavy atom. The molecule has 3 aromatic carbocycles. The lowest BCUT2D eigenvalue weighted by atomic mass is 10.0. The van der Waals surface area contributed by atoms with Crippen LogP contribution in [0.5, 0.6) is 0 Å². The number of hydrogen-bond acceptors (Lipinski definition) is 4. The molecule has 0 saturated heterocycles. The summed E-state index contributed by atoms with van der Waals surface area (Å²) in [6.07, 6.45) is 1.79. The topological polar surface area (TPSA) is 104 Å². The van der Waals surface area contributed by atoms with E-state index < -0.39 is 16.1 Å². The van der Waals surface area contributed by atoms with E-state index in [9.17, 15) is 18.0 Å². The molecule has 0 aliphatic carbocycles. The first-order valence-corrected chi connectivity index (χ1v) is 12.4. The van der Waals surface area contributed by atoms with Crippen molar-refractivity contribution >= 4 is 27.5 Å². The molecule has 3 N–H and O–H groups in total. The Bertz CT molecular complexity index is 1210. The molecule has 1 unspecified atom stereocenters. The van der Waals surface area contributed by atoms with E-state index in [1.165, 1.54) is 6.08 Å². The molecule has 3 rings (SSSR count). The Hall–Kier alpha value is -3.75. The molecule has 0 saturated carbocycles. The van der Waals surface area contributed by atoms with E-state index in [1.54, 1.807) is 48.5 Å².